The Kier molecular flexibility index (Phi) is 8.49. The molecule has 1 aliphatic heterocycles. The van der Waals surface area contributed by atoms with E-state index in [1.165, 1.54) is 4.68 Å². The number of hydrogen-bond donors (Lipinski definition) is 3. The second-order valence-corrected chi connectivity index (χ2v) is 10.5. The van der Waals surface area contributed by atoms with Gasteiger partial charge < -0.3 is 34.6 Å². The number of aromatic nitrogens is 7. The lowest BCUT2D eigenvalue weighted by atomic mass is 10.1. The van der Waals surface area contributed by atoms with Gasteiger partial charge in [-0.05, 0) is 36.7 Å². The highest BCUT2D eigenvalue weighted by molar-refractivity contribution is 5.78. The van der Waals surface area contributed by atoms with Crippen LogP contribution in [0.3, 0.4) is 0 Å². The van der Waals surface area contributed by atoms with Gasteiger partial charge in [0, 0.05) is 32.4 Å². The number of methoxy groups -OCH3 is 1. The molecule has 6 rings (SSSR count). The van der Waals surface area contributed by atoms with Gasteiger partial charge in [0.05, 0.1) is 31.2 Å². The van der Waals surface area contributed by atoms with Gasteiger partial charge in [-0.15, -0.1) is 0 Å². The number of morpholine rings is 1. The fourth-order valence-corrected chi connectivity index (χ4v) is 5.10. The summed E-state index contributed by atoms with van der Waals surface area (Å²) in [7, 11) is 1.54. The first kappa shape index (κ1) is 29.2. The van der Waals surface area contributed by atoms with Gasteiger partial charge in [-0.2, -0.15) is 9.97 Å². The topological polar surface area (TPSA) is 171 Å². The van der Waals surface area contributed by atoms with Crippen molar-refractivity contribution in [3.8, 4) is 11.5 Å². The molecule has 44 heavy (non-hydrogen) atoms. The molecule has 5 aromatic rings. The van der Waals surface area contributed by atoms with Crippen LogP contribution in [0.15, 0.2) is 58.0 Å². The summed E-state index contributed by atoms with van der Waals surface area (Å²) in [5.41, 5.74) is 1.65. The van der Waals surface area contributed by atoms with Gasteiger partial charge in [-0.1, -0.05) is 30.3 Å². The average Bonchev–Trinajstić information content (AvgIpc) is 3.64. The van der Waals surface area contributed by atoms with Crippen LogP contribution < -0.4 is 21.1 Å². The number of pyridine rings is 1. The fraction of sp³-hybridized carbons (Fsp3) is 0.379. The van der Waals surface area contributed by atoms with Gasteiger partial charge in [-0.3, -0.25) is 9.48 Å². The van der Waals surface area contributed by atoms with Crippen LogP contribution in [0.5, 0.6) is 0 Å². The summed E-state index contributed by atoms with van der Waals surface area (Å²) in [6.07, 6.45) is 1.57. The number of nitrogens with zero attached hydrogens (tertiary/aromatic N) is 8. The molecule has 230 valence electrons. The molecule has 1 aromatic carbocycles. The minimum Gasteiger partial charge on any atom is -0.394 e. The standard InChI is InChI=1S/C29H34N10O5/c1-18(2)39-25-20(27(41)38(39)17-42-3)9-10-23(32-25)33-28-30-15-21(26-35-29(36-44-26)37-11-13-43-14-12-37)24(34-28)31-22(16-40)19-7-5-4-6-8-19/h4-10,15,18,22,40H,11-14,16-17H2,1-3H3,(H2,30,31,32,33,34)/t22-/m1/s1. The maximum Gasteiger partial charge on any atom is 0.278 e. The molecular formula is C29H34N10O5. The third kappa shape index (κ3) is 5.84. The number of anilines is 4. The highest BCUT2D eigenvalue weighted by Gasteiger charge is 2.23. The molecule has 1 fully saturated rings. The van der Waals surface area contributed by atoms with Gasteiger partial charge in [0.2, 0.25) is 5.95 Å². The first-order valence-corrected chi connectivity index (χ1v) is 14.3. The molecule has 0 amide bonds. The smallest absolute Gasteiger partial charge is 0.278 e. The van der Waals surface area contributed by atoms with E-state index in [2.05, 4.69) is 25.8 Å². The van der Waals surface area contributed by atoms with E-state index in [1.807, 2.05) is 49.1 Å². The number of rotatable bonds is 11. The van der Waals surface area contributed by atoms with Crippen LogP contribution in [-0.2, 0) is 16.2 Å². The summed E-state index contributed by atoms with van der Waals surface area (Å²) in [6, 6.07) is 12.4. The molecule has 4 aromatic heterocycles. The van der Waals surface area contributed by atoms with E-state index in [-0.39, 0.29) is 36.8 Å². The van der Waals surface area contributed by atoms with Crippen LogP contribution in [-0.4, -0.2) is 79.6 Å². The highest BCUT2D eigenvalue weighted by atomic mass is 16.5. The number of fused-ring (bicyclic) bond motifs is 1. The number of aliphatic hydroxyl groups is 1. The van der Waals surface area contributed by atoms with Gasteiger partial charge in [0.25, 0.3) is 17.4 Å². The number of aliphatic hydroxyl groups excluding tert-OH is 1. The Hall–Kier alpha value is -4.86. The van der Waals surface area contributed by atoms with Crippen molar-refractivity contribution in [1.29, 1.82) is 0 Å². The third-order valence-corrected chi connectivity index (χ3v) is 7.22. The lowest BCUT2D eigenvalue weighted by Gasteiger charge is -2.24. The minimum absolute atomic E-state index is 0.0467. The molecule has 5 heterocycles. The van der Waals surface area contributed by atoms with Crippen LogP contribution in [0.2, 0.25) is 0 Å². The molecule has 0 saturated carbocycles. The molecule has 15 heteroatoms. The second kappa shape index (κ2) is 12.8. The van der Waals surface area contributed by atoms with Crippen molar-refractivity contribution in [2.75, 3.05) is 55.6 Å². The van der Waals surface area contributed by atoms with Crippen molar-refractivity contribution in [3.05, 3.63) is 64.6 Å². The summed E-state index contributed by atoms with van der Waals surface area (Å²) >= 11 is 0. The van der Waals surface area contributed by atoms with E-state index < -0.39 is 6.04 Å². The van der Waals surface area contributed by atoms with Gasteiger partial charge >= 0.3 is 0 Å². The van der Waals surface area contributed by atoms with Crippen molar-refractivity contribution < 1.29 is 19.1 Å². The molecule has 0 bridgehead atoms. The quantitative estimate of drug-likeness (QED) is 0.202. The minimum atomic E-state index is -0.477. The van der Waals surface area contributed by atoms with E-state index in [4.69, 9.17) is 24.0 Å². The molecule has 1 aliphatic rings. The van der Waals surface area contributed by atoms with Gasteiger partial charge in [0.1, 0.15) is 23.9 Å². The number of benzene rings is 1. The molecule has 1 atom stereocenters. The zero-order valence-electron chi connectivity index (χ0n) is 24.7. The lowest BCUT2D eigenvalue weighted by Crippen LogP contribution is -2.36. The maximum absolute atomic E-state index is 13.0. The van der Waals surface area contributed by atoms with Crippen molar-refractivity contribution in [1.82, 2.24) is 34.5 Å². The Labute approximate surface area is 252 Å². The zero-order chi connectivity index (χ0) is 30.6. The molecule has 15 nitrogen and oxygen atoms in total. The van der Waals surface area contributed by atoms with E-state index in [9.17, 15) is 9.90 Å². The summed E-state index contributed by atoms with van der Waals surface area (Å²) in [4.78, 5) is 33.6. The van der Waals surface area contributed by atoms with E-state index >= 15 is 0 Å². The van der Waals surface area contributed by atoms with E-state index in [0.29, 0.717) is 60.5 Å². The lowest BCUT2D eigenvalue weighted by molar-refractivity contribution is 0.103. The van der Waals surface area contributed by atoms with Crippen LogP contribution in [0.4, 0.5) is 23.5 Å². The Morgan fingerprint density at radius 2 is 1.86 bits per heavy atom. The number of ether oxygens (including phenoxy) is 2. The Balaban J connectivity index is 1.36. The predicted octanol–water partition coefficient (Wildman–Crippen LogP) is 2.95. The van der Waals surface area contributed by atoms with E-state index in [1.54, 1.807) is 30.1 Å². The van der Waals surface area contributed by atoms with Gasteiger partial charge in [0.15, 0.2) is 5.65 Å². The third-order valence-electron chi connectivity index (χ3n) is 7.22. The first-order chi connectivity index (χ1) is 21.5. The van der Waals surface area contributed by atoms with Crippen LogP contribution in [0.1, 0.15) is 31.5 Å². The summed E-state index contributed by atoms with van der Waals surface area (Å²) in [5.74, 6) is 1.72. The molecule has 0 unspecified atom stereocenters. The number of nitrogens with one attached hydrogen (secondary N) is 2. The monoisotopic (exact) mass is 602 g/mol. The summed E-state index contributed by atoms with van der Waals surface area (Å²) in [6.45, 7) is 6.33. The fourth-order valence-electron chi connectivity index (χ4n) is 5.10. The summed E-state index contributed by atoms with van der Waals surface area (Å²) in [5, 5.41) is 21.4. The molecule has 1 saturated heterocycles. The summed E-state index contributed by atoms with van der Waals surface area (Å²) < 4.78 is 19.6. The maximum atomic E-state index is 13.0. The largest absolute Gasteiger partial charge is 0.394 e. The molecule has 3 N–H and O–H groups in total. The second-order valence-electron chi connectivity index (χ2n) is 10.5. The van der Waals surface area contributed by atoms with Crippen molar-refractivity contribution >= 4 is 34.6 Å². The molecular weight excluding hydrogens is 568 g/mol. The predicted molar refractivity (Wildman–Crippen MR) is 163 cm³/mol. The Morgan fingerprint density at radius 3 is 2.59 bits per heavy atom. The Bertz CT molecular complexity index is 1780. The molecule has 0 aliphatic carbocycles. The van der Waals surface area contributed by atoms with Crippen molar-refractivity contribution in [3.63, 3.8) is 0 Å². The van der Waals surface area contributed by atoms with E-state index in [0.717, 1.165) is 5.56 Å². The first-order valence-electron chi connectivity index (χ1n) is 14.3. The van der Waals surface area contributed by atoms with Crippen LogP contribution >= 0.6 is 0 Å². The van der Waals surface area contributed by atoms with Crippen LogP contribution in [0.25, 0.3) is 22.5 Å². The average molecular weight is 603 g/mol. The van der Waals surface area contributed by atoms with Crippen molar-refractivity contribution in [2.45, 2.75) is 32.7 Å². The van der Waals surface area contributed by atoms with Crippen LogP contribution in [0, 0.1) is 0 Å². The number of hydrogen-bond acceptors (Lipinski definition) is 13. The molecule has 0 spiro atoms. The van der Waals surface area contributed by atoms with Crippen molar-refractivity contribution in [2.24, 2.45) is 0 Å². The Morgan fingerprint density at radius 1 is 1.07 bits per heavy atom. The zero-order valence-corrected chi connectivity index (χ0v) is 24.7. The normalized spacial score (nSPS) is 14.3. The molecule has 0 radical (unpaired) electrons. The highest BCUT2D eigenvalue weighted by Crippen LogP contribution is 2.31. The van der Waals surface area contributed by atoms with Gasteiger partial charge in [-0.25, -0.2) is 14.6 Å². The SMILES string of the molecule is COCn1c(=O)c2ccc(Nc3ncc(-c4nc(N5CCOCC5)no4)c(N[C@H](CO)c4ccccc4)n3)nc2n1C(C)C.